The van der Waals surface area contributed by atoms with Crippen LogP contribution >= 0.6 is 11.6 Å². The number of nitro benzene ring substituents is 1. The van der Waals surface area contributed by atoms with Gasteiger partial charge in [-0.15, -0.1) is 0 Å². The second kappa shape index (κ2) is 5.02. The van der Waals surface area contributed by atoms with Crippen LogP contribution < -0.4 is 5.76 Å². The van der Waals surface area contributed by atoms with Gasteiger partial charge in [0.25, 0.3) is 5.69 Å². The first-order chi connectivity index (χ1) is 10.1. The quantitative estimate of drug-likeness (QED) is 0.548. The summed E-state index contributed by atoms with van der Waals surface area (Å²) in [5, 5.41) is 11.1. The molecule has 2 heterocycles. The van der Waals surface area contributed by atoms with Crippen LogP contribution in [-0.4, -0.2) is 14.5 Å². The highest BCUT2D eigenvalue weighted by molar-refractivity contribution is 6.31. The Bertz CT molecular complexity index is 900. The lowest BCUT2D eigenvalue weighted by Crippen LogP contribution is -2.15. The Kier molecular flexibility index (Phi) is 3.19. The topological polar surface area (TPSA) is 91.2 Å². The fourth-order valence-corrected chi connectivity index (χ4v) is 2.18. The molecule has 0 fully saturated rings. The first kappa shape index (κ1) is 13.3. The zero-order chi connectivity index (χ0) is 15.0. The summed E-state index contributed by atoms with van der Waals surface area (Å²) < 4.78 is 6.33. The molecule has 106 valence electrons. The Morgan fingerprint density at radius 2 is 2.19 bits per heavy atom. The molecule has 0 saturated carbocycles. The molecular weight excluding hydrogens is 298 g/mol. The summed E-state index contributed by atoms with van der Waals surface area (Å²) in [5.74, 6) is -0.591. The highest BCUT2D eigenvalue weighted by Gasteiger charge is 2.14. The summed E-state index contributed by atoms with van der Waals surface area (Å²) in [6.07, 6.45) is 1.53. The number of oxazole rings is 1. The van der Waals surface area contributed by atoms with Gasteiger partial charge >= 0.3 is 5.76 Å². The number of non-ortho nitro benzene ring substituents is 1. The van der Waals surface area contributed by atoms with Crippen molar-refractivity contribution < 1.29 is 9.34 Å². The number of rotatable bonds is 3. The fraction of sp³-hybridized carbons (Fsp3) is 0.0769. The third kappa shape index (κ3) is 2.38. The molecule has 0 radical (unpaired) electrons. The van der Waals surface area contributed by atoms with Crippen molar-refractivity contribution in [1.29, 1.82) is 0 Å². The van der Waals surface area contributed by atoms with E-state index in [2.05, 4.69) is 4.98 Å². The maximum Gasteiger partial charge on any atom is 0.421 e. The van der Waals surface area contributed by atoms with E-state index < -0.39 is 10.7 Å². The molecule has 21 heavy (non-hydrogen) atoms. The van der Waals surface area contributed by atoms with Gasteiger partial charge in [0, 0.05) is 23.4 Å². The molecule has 2 aromatic heterocycles. The smallest absolute Gasteiger partial charge is 0.406 e. The summed E-state index contributed by atoms with van der Waals surface area (Å²) in [7, 11) is 0. The molecule has 8 heteroatoms. The molecule has 0 aliphatic carbocycles. The number of benzene rings is 1. The molecule has 0 aliphatic rings. The van der Waals surface area contributed by atoms with E-state index >= 15 is 0 Å². The van der Waals surface area contributed by atoms with Crippen molar-refractivity contribution in [3.63, 3.8) is 0 Å². The minimum absolute atomic E-state index is 0.0450. The highest BCUT2D eigenvalue weighted by atomic mass is 35.5. The molecule has 0 amide bonds. The van der Waals surface area contributed by atoms with Crippen molar-refractivity contribution in [2.75, 3.05) is 0 Å². The monoisotopic (exact) mass is 305 g/mol. The summed E-state index contributed by atoms with van der Waals surface area (Å²) in [6.45, 7) is 0.0450. The normalized spacial score (nSPS) is 10.9. The zero-order valence-electron chi connectivity index (χ0n) is 10.5. The van der Waals surface area contributed by atoms with Gasteiger partial charge in [0.05, 0.1) is 11.5 Å². The van der Waals surface area contributed by atoms with Crippen LogP contribution in [-0.2, 0) is 6.54 Å². The van der Waals surface area contributed by atoms with Crippen molar-refractivity contribution in [2.24, 2.45) is 0 Å². The zero-order valence-corrected chi connectivity index (χ0v) is 11.3. The summed E-state index contributed by atoms with van der Waals surface area (Å²) >= 11 is 6.03. The van der Waals surface area contributed by atoms with Crippen LogP contribution in [0.1, 0.15) is 5.56 Å². The molecule has 0 spiro atoms. The van der Waals surface area contributed by atoms with Crippen molar-refractivity contribution in [3.8, 4) is 0 Å². The van der Waals surface area contributed by atoms with Gasteiger partial charge in [-0.2, -0.15) is 0 Å². The van der Waals surface area contributed by atoms with Gasteiger partial charge in [-0.3, -0.25) is 14.7 Å². The number of hydrogen-bond acceptors (Lipinski definition) is 5. The first-order valence-electron chi connectivity index (χ1n) is 5.93. The van der Waals surface area contributed by atoms with Crippen LogP contribution in [0.5, 0.6) is 0 Å². The second-order valence-electron chi connectivity index (χ2n) is 4.31. The van der Waals surface area contributed by atoms with Gasteiger partial charge in [-0.25, -0.2) is 9.78 Å². The van der Waals surface area contributed by atoms with Crippen LogP contribution in [0, 0.1) is 10.1 Å². The Hall–Kier alpha value is -2.67. The van der Waals surface area contributed by atoms with Crippen LogP contribution in [0.25, 0.3) is 11.2 Å². The molecule has 7 nitrogen and oxygen atoms in total. The predicted molar refractivity (Wildman–Crippen MR) is 75.5 cm³/mol. The van der Waals surface area contributed by atoms with Gasteiger partial charge in [-0.1, -0.05) is 11.6 Å². The average molecular weight is 306 g/mol. The molecule has 0 unspecified atom stereocenters. The van der Waals surface area contributed by atoms with E-state index in [0.717, 1.165) is 0 Å². The largest absolute Gasteiger partial charge is 0.421 e. The standard InChI is InChI=1S/C13H8ClN3O4/c14-10-4-3-9(17(19)20)6-8(10)7-16-12-11(21-13(16)18)2-1-5-15-12/h1-6H,7H2. The van der Waals surface area contributed by atoms with Gasteiger partial charge in [0.15, 0.2) is 11.2 Å². The van der Waals surface area contributed by atoms with E-state index in [1.54, 1.807) is 12.1 Å². The van der Waals surface area contributed by atoms with Gasteiger partial charge in [0.2, 0.25) is 0 Å². The fourth-order valence-electron chi connectivity index (χ4n) is 2.01. The Balaban J connectivity index is 2.10. The molecule has 0 bridgehead atoms. The molecule has 0 saturated heterocycles. The van der Waals surface area contributed by atoms with Crippen LogP contribution in [0.4, 0.5) is 5.69 Å². The van der Waals surface area contributed by atoms with Gasteiger partial charge < -0.3 is 4.42 Å². The van der Waals surface area contributed by atoms with E-state index in [4.69, 9.17) is 16.0 Å². The van der Waals surface area contributed by atoms with Crippen LogP contribution in [0.15, 0.2) is 45.7 Å². The highest BCUT2D eigenvalue weighted by Crippen LogP contribution is 2.23. The van der Waals surface area contributed by atoms with Crippen molar-refractivity contribution in [1.82, 2.24) is 9.55 Å². The second-order valence-corrected chi connectivity index (χ2v) is 4.72. The summed E-state index contributed by atoms with van der Waals surface area (Å²) in [4.78, 5) is 26.2. The lowest BCUT2D eigenvalue weighted by Gasteiger charge is -2.04. The number of nitrogens with zero attached hydrogens (tertiary/aromatic N) is 3. The number of aromatic nitrogens is 2. The Morgan fingerprint density at radius 3 is 2.95 bits per heavy atom. The molecule has 3 aromatic rings. The van der Waals surface area contributed by atoms with Crippen molar-refractivity contribution >= 4 is 28.5 Å². The summed E-state index contributed by atoms with van der Waals surface area (Å²) in [6, 6.07) is 7.33. The lowest BCUT2D eigenvalue weighted by molar-refractivity contribution is -0.384. The molecule has 1 aromatic carbocycles. The Labute approximate surface area is 122 Å². The average Bonchev–Trinajstić information content (AvgIpc) is 2.77. The third-order valence-electron chi connectivity index (χ3n) is 2.99. The number of fused-ring (bicyclic) bond motifs is 1. The minimum Gasteiger partial charge on any atom is -0.406 e. The van der Waals surface area contributed by atoms with E-state index in [9.17, 15) is 14.9 Å². The van der Waals surface area contributed by atoms with Crippen LogP contribution in [0.2, 0.25) is 5.02 Å². The number of nitro groups is 1. The molecule has 0 N–H and O–H groups in total. The minimum atomic E-state index is -0.591. The molecule has 0 atom stereocenters. The van der Waals surface area contributed by atoms with E-state index in [1.165, 1.54) is 29.0 Å². The summed E-state index contributed by atoms with van der Waals surface area (Å²) in [5.41, 5.74) is 1.07. The maximum absolute atomic E-state index is 11.9. The number of hydrogen-bond donors (Lipinski definition) is 0. The van der Waals surface area contributed by atoms with E-state index in [0.29, 0.717) is 21.8 Å². The maximum atomic E-state index is 11.9. The van der Waals surface area contributed by atoms with Crippen molar-refractivity contribution in [2.45, 2.75) is 6.54 Å². The molecule has 3 rings (SSSR count). The van der Waals surface area contributed by atoms with E-state index in [1.807, 2.05) is 0 Å². The Morgan fingerprint density at radius 1 is 1.38 bits per heavy atom. The SMILES string of the molecule is O=c1oc2cccnc2n1Cc1cc([N+](=O)[O-])ccc1Cl. The lowest BCUT2D eigenvalue weighted by atomic mass is 10.2. The molecular formula is C13H8ClN3O4. The number of pyridine rings is 1. The van der Waals surface area contributed by atoms with Crippen LogP contribution in [0.3, 0.4) is 0 Å². The van der Waals surface area contributed by atoms with Crippen molar-refractivity contribution in [3.05, 3.63) is 67.8 Å². The van der Waals surface area contributed by atoms with E-state index in [-0.39, 0.29) is 12.2 Å². The third-order valence-corrected chi connectivity index (χ3v) is 3.36. The predicted octanol–water partition coefficient (Wildman–Crippen LogP) is 2.60. The van der Waals surface area contributed by atoms with Gasteiger partial charge in [-0.05, 0) is 23.8 Å². The first-order valence-corrected chi connectivity index (χ1v) is 6.31. The number of halogens is 1. The molecule has 0 aliphatic heterocycles. The van der Waals surface area contributed by atoms with Gasteiger partial charge in [0.1, 0.15) is 0 Å².